The fourth-order valence-corrected chi connectivity index (χ4v) is 3.58. The summed E-state index contributed by atoms with van der Waals surface area (Å²) in [7, 11) is 0. The van der Waals surface area contributed by atoms with E-state index in [2.05, 4.69) is 10.6 Å². The van der Waals surface area contributed by atoms with Crippen LogP contribution in [0.1, 0.15) is 21.8 Å². The predicted molar refractivity (Wildman–Crippen MR) is 77.0 cm³/mol. The van der Waals surface area contributed by atoms with Crippen molar-refractivity contribution in [3.8, 4) is 0 Å². The highest BCUT2D eigenvalue weighted by atomic mass is 19.4. The van der Waals surface area contributed by atoms with Crippen LogP contribution >= 0.6 is 0 Å². The first-order valence-electron chi connectivity index (χ1n) is 7.81. The topological polar surface area (TPSA) is 41.1 Å². The van der Waals surface area contributed by atoms with Crippen LogP contribution in [0.3, 0.4) is 0 Å². The number of alkyl halides is 6. The number of hydrogen-bond acceptors (Lipinski definition) is 2. The Hall–Kier alpha value is -1.77. The third kappa shape index (κ3) is 3.75. The van der Waals surface area contributed by atoms with E-state index in [0.29, 0.717) is 30.4 Å². The molecule has 1 amide bonds. The van der Waals surface area contributed by atoms with E-state index in [1.807, 2.05) is 0 Å². The lowest BCUT2D eigenvalue weighted by atomic mass is 9.96. The number of carbonyl (C=O) groups excluding carboxylic acids is 1. The van der Waals surface area contributed by atoms with E-state index in [1.54, 1.807) is 0 Å². The SMILES string of the molecule is O=C(NCC1C2CNCC21)c1cccc(C(C(F)(F)F)C(F)(F)F)c1. The molecule has 0 radical (unpaired) electrons. The highest BCUT2D eigenvalue weighted by Gasteiger charge is 2.57. The Kier molecular flexibility index (Phi) is 4.47. The summed E-state index contributed by atoms with van der Waals surface area (Å²) in [5.74, 6) is -2.96. The normalized spacial score (nSPS) is 25.8. The van der Waals surface area contributed by atoms with Gasteiger partial charge in [0.05, 0.1) is 0 Å². The standard InChI is InChI=1S/C16H16F6N2O/c17-15(18,19)13(16(20,21)22)8-2-1-3-9(4-8)14(25)24-7-12-10-5-23-6-11(10)12/h1-4,10-13,23H,5-7H2,(H,24,25). The van der Waals surface area contributed by atoms with Crippen molar-refractivity contribution in [1.29, 1.82) is 0 Å². The lowest BCUT2D eigenvalue weighted by molar-refractivity contribution is -0.253. The largest absolute Gasteiger partial charge is 0.404 e. The molecule has 1 saturated carbocycles. The second-order valence-corrected chi connectivity index (χ2v) is 6.50. The molecular formula is C16H16F6N2O. The maximum atomic E-state index is 12.8. The minimum atomic E-state index is -5.48. The zero-order valence-electron chi connectivity index (χ0n) is 12.9. The van der Waals surface area contributed by atoms with Crippen molar-refractivity contribution >= 4 is 5.91 Å². The van der Waals surface area contributed by atoms with Crippen molar-refractivity contribution in [3.63, 3.8) is 0 Å². The van der Waals surface area contributed by atoms with Crippen molar-refractivity contribution < 1.29 is 31.1 Å². The summed E-state index contributed by atoms with van der Waals surface area (Å²) in [6.07, 6.45) is -11.0. The lowest BCUT2D eigenvalue weighted by Gasteiger charge is -2.23. The third-order valence-electron chi connectivity index (χ3n) is 4.90. The van der Waals surface area contributed by atoms with Crippen LogP contribution in [0.4, 0.5) is 26.3 Å². The molecule has 1 saturated heterocycles. The molecule has 138 valence electrons. The van der Waals surface area contributed by atoms with Gasteiger partial charge in [0.1, 0.15) is 0 Å². The molecule has 2 unspecified atom stereocenters. The number of benzene rings is 1. The second kappa shape index (κ2) is 6.19. The fourth-order valence-electron chi connectivity index (χ4n) is 3.58. The molecule has 0 spiro atoms. The van der Waals surface area contributed by atoms with Crippen LogP contribution in [-0.2, 0) is 0 Å². The number of rotatable bonds is 4. The molecule has 3 nitrogen and oxygen atoms in total. The average molecular weight is 366 g/mol. The zero-order valence-corrected chi connectivity index (χ0v) is 12.9. The van der Waals surface area contributed by atoms with Gasteiger partial charge in [-0.25, -0.2) is 0 Å². The van der Waals surface area contributed by atoms with Gasteiger partial charge in [-0.1, -0.05) is 12.1 Å². The number of carbonyl (C=O) groups is 1. The van der Waals surface area contributed by atoms with Gasteiger partial charge >= 0.3 is 12.4 Å². The molecule has 1 aliphatic carbocycles. The monoisotopic (exact) mass is 366 g/mol. The number of piperidine rings is 1. The first-order valence-corrected chi connectivity index (χ1v) is 7.81. The minimum absolute atomic E-state index is 0.208. The van der Waals surface area contributed by atoms with Crippen LogP contribution in [-0.4, -0.2) is 37.9 Å². The van der Waals surface area contributed by atoms with Gasteiger partial charge in [-0.15, -0.1) is 0 Å². The molecule has 3 rings (SSSR count). The zero-order chi connectivity index (χ0) is 18.4. The van der Waals surface area contributed by atoms with Crippen molar-refractivity contribution in [3.05, 3.63) is 35.4 Å². The Morgan fingerprint density at radius 2 is 1.72 bits per heavy atom. The van der Waals surface area contributed by atoms with Gasteiger partial charge in [-0.05, 0) is 48.5 Å². The van der Waals surface area contributed by atoms with Crippen molar-refractivity contribution in [2.24, 2.45) is 17.8 Å². The van der Waals surface area contributed by atoms with Crippen LogP contribution in [0, 0.1) is 17.8 Å². The van der Waals surface area contributed by atoms with Crippen LogP contribution < -0.4 is 10.6 Å². The van der Waals surface area contributed by atoms with Crippen molar-refractivity contribution in [2.45, 2.75) is 18.3 Å². The van der Waals surface area contributed by atoms with E-state index in [9.17, 15) is 31.1 Å². The van der Waals surface area contributed by atoms with E-state index < -0.39 is 29.7 Å². The lowest BCUT2D eigenvalue weighted by Crippen LogP contribution is -2.34. The highest BCUT2D eigenvalue weighted by molar-refractivity contribution is 5.94. The number of amides is 1. The van der Waals surface area contributed by atoms with Gasteiger partial charge in [0, 0.05) is 12.1 Å². The van der Waals surface area contributed by atoms with Gasteiger partial charge in [0.2, 0.25) is 0 Å². The molecule has 25 heavy (non-hydrogen) atoms. The Labute approximate surface area is 139 Å². The molecule has 1 aliphatic heterocycles. The number of fused-ring (bicyclic) bond motifs is 1. The Morgan fingerprint density at radius 1 is 1.12 bits per heavy atom. The van der Waals surface area contributed by atoms with Gasteiger partial charge in [-0.3, -0.25) is 4.79 Å². The fraction of sp³-hybridized carbons (Fsp3) is 0.562. The summed E-state index contributed by atoms with van der Waals surface area (Å²) < 4.78 is 76.8. The van der Waals surface area contributed by atoms with Gasteiger partial charge in [0.15, 0.2) is 5.92 Å². The summed E-state index contributed by atoms with van der Waals surface area (Å²) in [4.78, 5) is 12.1. The molecule has 1 heterocycles. The molecule has 2 N–H and O–H groups in total. The first-order chi connectivity index (χ1) is 11.6. The van der Waals surface area contributed by atoms with Gasteiger partial charge < -0.3 is 10.6 Å². The predicted octanol–water partition coefficient (Wildman–Crippen LogP) is 3.09. The molecule has 0 aromatic heterocycles. The summed E-state index contributed by atoms with van der Waals surface area (Å²) in [5, 5.41) is 5.80. The van der Waals surface area contributed by atoms with Crippen molar-refractivity contribution in [2.75, 3.05) is 19.6 Å². The summed E-state index contributed by atoms with van der Waals surface area (Å²) >= 11 is 0. The quantitative estimate of drug-likeness (QED) is 0.805. The van der Waals surface area contributed by atoms with E-state index in [1.165, 1.54) is 6.07 Å². The number of nitrogens with one attached hydrogen (secondary N) is 2. The third-order valence-corrected chi connectivity index (χ3v) is 4.90. The Bertz CT molecular complexity index is 633. The van der Waals surface area contributed by atoms with Crippen LogP contribution in [0.15, 0.2) is 24.3 Å². The maximum absolute atomic E-state index is 12.8. The molecule has 0 bridgehead atoms. The van der Waals surface area contributed by atoms with E-state index >= 15 is 0 Å². The first kappa shape index (κ1) is 18.0. The average Bonchev–Trinajstić information content (AvgIpc) is 2.90. The number of halogens is 6. The Morgan fingerprint density at radius 3 is 2.28 bits per heavy atom. The van der Waals surface area contributed by atoms with E-state index in [0.717, 1.165) is 25.2 Å². The molecular weight excluding hydrogens is 350 g/mol. The van der Waals surface area contributed by atoms with Crippen LogP contribution in [0.25, 0.3) is 0 Å². The molecule has 2 aliphatic rings. The smallest absolute Gasteiger partial charge is 0.352 e. The summed E-state index contributed by atoms with van der Waals surface area (Å²) in [6, 6.07) is 3.64. The van der Waals surface area contributed by atoms with E-state index in [4.69, 9.17) is 0 Å². The molecule has 2 atom stereocenters. The van der Waals surface area contributed by atoms with Crippen LogP contribution in [0.2, 0.25) is 0 Å². The number of hydrogen-bond donors (Lipinski definition) is 2. The summed E-state index contributed by atoms with van der Waals surface area (Å²) in [6.45, 7) is 2.13. The Balaban J connectivity index is 1.70. The molecule has 1 aromatic carbocycles. The molecule has 1 aromatic rings. The second-order valence-electron chi connectivity index (χ2n) is 6.50. The maximum Gasteiger partial charge on any atom is 0.404 e. The molecule has 2 fully saturated rings. The minimum Gasteiger partial charge on any atom is -0.352 e. The van der Waals surface area contributed by atoms with Gasteiger partial charge in [-0.2, -0.15) is 26.3 Å². The summed E-state index contributed by atoms with van der Waals surface area (Å²) in [5.41, 5.74) is -1.19. The molecule has 9 heteroatoms. The highest BCUT2D eigenvalue weighted by Crippen LogP contribution is 2.48. The van der Waals surface area contributed by atoms with E-state index in [-0.39, 0.29) is 5.56 Å². The van der Waals surface area contributed by atoms with Crippen molar-refractivity contribution in [1.82, 2.24) is 10.6 Å². The van der Waals surface area contributed by atoms with Gasteiger partial charge in [0.25, 0.3) is 5.91 Å². The van der Waals surface area contributed by atoms with Crippen LogP contribution in [0.5, 0.6) is 0 Å².